The van der Waals surface area contributed by atoms with Crippen LogP contribution in [0.5, 0.6) is 0 Å². The molecule has 0 spiro atoms. The van der Waals surface area contributed by atoms with E-state index in [-0.39, 0.29) is 17.9 Å². The highest BCUT2D eigenvalue weighted by atomic mass is 79.9. The van der Waals surface area contributed by atoms with Crippen molar-refractivity contribution in [2.45, 2.75) is 25.9 Å². The SMILES string of the molecule is C#CC(C)NC(=O)c1c2c(nn1C)CCN(C(=O)c1cc3cccc(Br)c3[nH]1)C2. The van der Waals surface area contributed by atoms with Crippen molar-refractivity contribution < 1.29 is 9.59 Å². The van der Waals surface area contributed by atoms with Crippen LogP contribution in [0.1, 0.15) is 39.2 Å². The number of nitrogens with one attached hydrogen (secondary N) is 2. The summed E-state index contributed by atoms with van der Waals surface area (Å²) in [7, 11) is 1.73. The van der Waals surface area contributed by atoms with Crippen LogP contribution in [0.4, 0.5) is 0 Å². The van der Waals surface area contributed by atoms with E-state index in [4.69, 9.17) is 6.42 Å². The third-order valence-corrected chi connectivity index (χ3v) is 5.79. The highest BCUT2D eigenvalue weighted by molar-refractivity contribution is 9.10. The number of para-hydroxylation sites is 1. The number of nitrogens with zero attached hydrogens (tertiary/aromatic N) is 3. The lowest BCUT2D eigenvalue weighted by atomic mass is 10.0. The van der Waals surface area contributed by atoms with Gasteiger partial charge in [-0.05, 0) is 35.0 Å². The van der Waals surface area contributed by atoms with Gasteiger partial charge in [-0.25, -0.2) is 0 Å². The molecule has 4 rings (SSSR count). The van der Waals surface area contributed by atoms with E-state index >= 15 is 0 Å². The Labute approximate surface area is 176 Å². The van der Waals surface area contributed by atoms with Crippen molar-refractivity contribution in [2.24, 2.45) is 7.05 Å². The number of H-pyrrole nitrogens is 1. The quantitative estimate of drug-likeness (QED) is 0.597. The highest BCUT2D eigenvalue weighted by Crippen LogP contribution is 2.27. The molecule has 29 heavy (non-hydrogen) atoms. The number of aromatic amines is 1. The zero-order chi connectivity index (χ0) is 20.7. The van der Waals surface area contributed by atoms with Gasteiger partial charge in [0.15, 0.2) is 0 Å². The van der Waals surface area contributed by atoms with Crippen LogP contribution in [0.2, 0.25) is 0 Å². The van der Waals surface area contributed by atoms with Crippen molar-refractivity contribution in [2.75, 3.05) is 6.54 Å². The second-order valence-corrected chi connectivity index (χ2v) is 7.98. The van der Waals surface area contributed by atoms with Gasteiger partial charge in [0.2, 0.25) is 0 Å². The molecule has 0 saturated carbocycles. The summed E-state index contributed by atoms with van der Waals surface area (Å²) in [4.78, 5) is 30.8. The third-order valence-electron chi connectivity index (χ3n) is 5.13. The fraction of sp³-hybridized carbons (Fsp3) is 0.286. The average Bonchev–Trinajstić information content (AvgIpc) is 3.27. The summed E-state index contributed by atoms with van der Waals surface area (Å²) < 4.78 is 2.47. The molecule has 0 fully saturated rings. The van der Waals surface area contributed by atoms with Gasteiger partial charge in [-0.3, -0.25) is 14.3 Å². The monoisotopic (exact) mass is 453 g/mol. The number of halogens is 1. The first-order valence-electron chi connectivity index (χ1n) is 9.27. The predicted molar refractivity (Wildman–Crippen MR) is 113 cm³/mol. The van der Waals surface area contributed by atoms with Crippen LogP contribution >= 0.6 is 15.9 Å². The summed E-state index contributed by atoms with van der Waals surface area (Å²) in [5, 5.41) is 8.21. The van der Waals surface area contributed by atoms with Crippen LogP contribution in [-0.4, -0.2) is 44.1 Å². The number of hydrogen-bond donors (Lipinski definition) is 2. The van der Waals surface area contributed by atoms with Gasteiger partial charge in [0.25, 0.3) is 11.8 Å². The number of aromatic nitrogens is 3. The van der Waals surface area contributed by atoms with Gasteiger partial charge in [0.05, 0.1) is 23.8 Å². The van der Waals surface area contributed by atoms with Crippen molar-refractivity contribution in [3.05, 3.63) is 51.4 Å². The molecule has 3 aromatic rings. The number of hydrogen-bond acceptors (Lipinski definition) is 3. The molecule has 1 aromatic carbocycles. The molecule has 0 bridgehead atoms. The molecule has 0 aliphatic carbocycles. The Kier molecular flexibility index (Phi) is 4.92. The van der Waals surface area contributed by atoms with Crippen LogP contribution in [0.25, 0.3) is 10.9 Å². The number of rotatable bonds is 3. The fourth-order valence-electron chi connectivity index (χ4n) is 3.67. The Hall–Kier alpha value is -3.05. The molecule has 0 saturated heterocycles. The molecule has 0 radical (unpaired) electrons. The first-order valence-corrected chi connectivity index (χ1v) is 10.1. The number of carbonyl (C=O) groups excluding carboxylic acids is 2. The summed E-state index contributed by atoms with van der Waals surface area (Å²) >= 11 is 3.50. The third kappa shape index (κ3) is 3.42. The Morgan fingerprint density at radius 1 is 1.41 bits per heavy atom. The second-order valence-electron chi connectivity index (χ2n) is 7.12. The molecule has 2 amide bonds. The standard InChI is InChI=1S/C21H20BrN5O2/c1-4-12(2)23-20(28)19-14-11-27(9-8-16(14)25-26(19)3)21(29)17-10-13-6-5-7-15(22)18(13)24-17/h1,5-7,10,12,24H,8-9,11H2,2-3H3,(H,23,28). The van der Waals surface area contributed by atoms with Gasteiger partial charge in [0, 0.05) is 35.4 Å². The van der Waals surface area contributed by atoms with E-state index in [1.54, 1.807) is 23.6 Å². The fourth-order valence-corrected chi connectivity index (χ4v) is 4.15. The first kappa shape index (κ1) is 19.3. The zero-order valence-corrected chi connectivity index (χ0v) is 17.7. The van der Waals surface area contributed by atoms with Crippen LogP contribution in [0.15, 0.2) is 28.7 Å². The lowest BCUT2D eigenvalue weighted by Gasteiger charge is -2.26. The smallest absolute Gasteiger partial charge is 0.270 e. The predicted octanol–water partition coefficient (Wildman–Crippen LogP) is 2.61. The first-order chi connectivity index (χ1) is 13.9. The summed E-state index contributed by atoms with van der Waals surface area (Å²) in [6.45, 7) is 2.61. The van der Waals surface area contributed by atoms with E-state index in [1.807, 2.05) is 24.3 Å². The Morgan fingerprint density at radius 3 is 2.93 bits per heavy atom. The molecule has 3 heterocycles. The molecule has 7 nitrogen and oxygen atoms in total. The molecule has 1 aliphatic rings. The highest BCUT2D eigenvalue weighted by Gasteiger charge is 2.30. The lowest BCUT2D eigenvalue weighted by Crippen LogP contribution is -2.38. The van der Waals surface area contributed by atoms with Gasteiger partial charge >= 0.3 is 0 Å². The molecule has 8 heteroatoms. The van der Waals surface area contributed by atoms with Crippen molar-refractivity contribution >= 4 is 38.6 Å². The van der Waals surface area contributed by atoms with Gasteiger partial charge in [0.1, 0.15) is 11.4 Å². The minimum absolute atomic E-state index is 0.106. The molecule has 1 atom stereocenters. The van der Waals surface area contributed by atoms with Gasteiger partial charge in [-0.15, -0.1) is 6.42 Å². The summed E-state index contributed by atoms with van der Waals surface area (Å²) in [6.07, 6.45) is 5.97. The van der Waals surface area contributed by atoms with E-state index in [1.165, 1.54) is 0 Å². The zero-order valence-electron chi connectivity index (χ0n) is 16.1. The van der Waals surface area contributed by atoms with Crippen molar-refractivity contribution in [1.29, 1.82) is 0 Å². The molecule has 1 unspecified atom stereocenters. The number of amides is 2. The maximum atomic E-state index is 13.1. The number of aryl methyl sites for hydroxylation is 1. The van der Waals surface area contributed by atoms with E-state index in [0.717, 1.165) is 26.6 Å². The Morgan fingerprint density at radius 2 is 2.21 bits per heavy atom. The summed E-state index contributed by atoms with van der Waals surface area (Å²) in [5.41, 5.74) is 3.46. The minimum Gasteiger partial charge on any atom is -0.350 e. The van der Waals surface area contributed by atoms with Crippen molar-refractivity contribution in [3.8, 4) is 12.3 Å². The molecule has 2 aromatic heterocycles. The average molecular weight is 454 g/mol. The minimum atomic E-state index is -0.390. The van der Waals surface area contributed by atoms with Crippen LogP contribution in [0, 0.1) is 12.3 Å². The summed E-state index contributed by atoms with van der Waals surface area (Å²) in [6, 6.07) is 7.28. The Bertz CT molecular complexity index is 1170. The van der Waals surface area contributed by atoms with Crippen molar-refractivity contribution in [1.82, 2.24) is 25.0 Å². The topological polar surface area (TPSA) is 83.0 Å². The van der Waals surface area contributed by atoms with E-state index < -0.39 is 0 Å². The molecular weight excluding hydrogens is 434 g/mol. The van der Waals surface area contributed by atoms with Crippen LogP contribution < -0.4 is 5.32 Å². The molecule has 1 aliphatic heterocycles. The molecule has 2 N–H and O–H groups in total. The lowest BCUT2D eigenvalue weighted by molar-refractivity contribution is 0.0726. The number of fused-ring (bicyclic) bond motifs is 2. The van der Waals surface area contributed by atoms with Gasteiger partial charge < -0.3 is 15.2 Å². The maximum Gasteiger partial charge on any atom is 0.270 e. The second kappa shape index (κ2) is 7.41. The van der Waals surface area contributed by atoms with Crippen LogP contribution in [0.3, 0.4) is 0 Å². The van der Waals surface area contributed by atoms with Crippen molar-refractivity contribution in [3.63, 3.8) is 0 Å². The number of carbonyl (C=O) groups is 2. The normalized spacial score (nSPS) is 14.3. The van der Waals surface area contributed by atoms with Crippen LogP contribution in [-0.2, 0) is 20.0 Å². The van der Waals surface area contributed by atoms with Gasteiger partial charge in [-0.2, -0.15) is 5.10 Å². The Balaban J connectivity index is 1.62. The summed E-state index contributed by atoms with van der Waals surface area (Å²) in [5.74, 6) is 2.10. The van der Waals surface area contributed by atoms with E-state index in [2.05, 4.69) is 37.2 Å². The van der Waals surface area contributed by atoms with E-state index in [0.29, 0.717) is 30.9 Å². The largest absolute Gasteiger partial charge is 0.350 e. The van der Waals surface area contributed by atoms with Gasteiger partial charge in [-0.1, -0.05) is 18.1 Å². The maximum absolute atomic E-state index is 13.1. The molecular formula is C21H20BrN5O2. The number of terminal acetylenes is 1. The number of benzene rings is 1. The van der Waals surface area contributed by atoms with E-state index in [9.17, 15) is 9.59 Å². The molecule has 148 valence electrons.